The maximum Gasteiger partial charge on any atom is 0.342 e. The number of halogens is 1. The maximum atomic E-state index is 12.1. The molecule has 9 heteroatoms. The third-order valence-corrected chi connectivity index (χ3v) is 6.27. The molecule has 4 aromatic rings. The van der Waals surface area contributed by atoms with Gasteiger partial charge in [0.25, 0.3) is 0 Å². The van der Waals surface area contributed by atoms with E-state index in [0.29, 0.717) is 28.7 Å². The van der Waals surface area contributed by atoms with Crippen molar-refractivity contribution >= 4 is 46.3 Å². The van der Waals surface area contributed by atoms with Crippen molar-refractivity contribution in [3.63, 3.8) is 0 Å². The molecule has 0 aliphatic rings. The predicted octanol–water partition coefficient (Wildman–Crippen LogP) is 5.80. The SMILES string of the molecule is C=CCn1c(C)c(/C=C(\Sc2n[nH]c(-c3cc(Cl)ccc3OC)n2)C(=O)O)c2ccccc21. The molecule has 2 aromatic heterocycles. The van der Waals surface area contributed by atoms with Gasteiger partial charge in [-0.05, 0) is 49.0 Å². The molecule has 0 saturated heterocycles. The number of carboxylic acid groups (broad SMARTS) is 1. The second kappa shape index (κ2) is 9.56. The Bertz CT molecular complexity index is 1390. The van der Waals surface area contributed by atoms with Crippen LogP contribution in [0.1, 0.15) is 11.3 Å². The van der Waals surface area contributed by atoms with Crippen LogP contribution in [0.2, 0.25) is 5.02 Å². The first-order chi connectivity index (χ1) is 15.9. The lowest BCUT2D eigenvalue weighted by Crippen LogP contribution is -1.99. The van der Waals surface area contributed by atoms with Crippen LogP contribution in [-0.2, 0) is 11.3 Å². The number of carboxylic acids is 1. The van der Waals surface area contributed by atoms with E-state index in [0.717, 1.165) is 33.9 Å². The van der Waals surface area contributed by atoms with Gasteiger partial charge in [0.1, 0.15) is 10.7 Å². The highest BCUT2D eigenvalue weighted by Crippen LogP contribution is 2.34. The molecule has 0 aliphatic carbocycles. The summed E-state index contributed by atoms with van der Waals surface area (Å²) in [6.45, 7) is 6.43. The van der Waals surface area contributed by atoms with Gasteiger partial charge in [0.15, 0.2) is 5.82 Å². The number of thioether (sulfide) groups is 1. The van der Waals surface area contributed by atoms with E-state index >= 15 is 0 Å². The normalized spacial score (nSPS) is 11.7. The molecule has 7 nitrogen and oxygen atoms in total. The number of rotatable bonds is 8. The van der Waals surface area contributed by atoms with Crippen molar-refractivity contribution in [2.24, 2.45) is 0 Å². The van der Waals surface area contributed by atoms with Crippen molar-refractivity contribution in [3.05, 3.63) is 76.3 Å². The molecule has 0 amide bonds. The number of fused-ring (bicyclic) bond motifs is 1. The van der Waals surface area contributed by atoms with Gasteiger partial charge in [-0.25, -0.2) is 9.78 Å². The number of ether oxygens (including phenoxy) is 1. The monoisotopic (exact) mass is 480 g/mol. The fourth-order valence-electron chi connectivity index (χ4n) is 3.65. The summed E-state index contributed by atoms with van der Waals surface area (Å²) in [5.74, 6) is -0.0567. The standard InChI is InChI=1S/C24H21ClN4O3S/c1-4-11-29-14(2)17(16-7-5-6-8-19(16)29)13-21(23(30)31)33-24-26-22(27-28-24)18-12-15(25)9-10-20(18)32-3/h4-10,12-13H,1,11H2,2-3H3,(H,30,31)(H,26,27,28)/b21-13-. The quantitative estimate of drug-likeness (QED) is 0.188. The van der Waals surface area contributed by atoms with E-state index in [9.17, 15) is 9.90 Å². The molecule has 0 aliphatic heterocycles. The first-order valence-electron chi connectivity index (χ1n) is 10.0. The third-order valence-electron chi connectivity index (χ3n) is 5.16. The Labute approximate surface area is 199 Å². The number of carbonyl (C=O) groups is 1. The van der Waals surface area contributed by atoms with Crippen LogP contribution in [0, 0.1) is 6.92 Å². The summed E-state index contributed by atoms with van der Waals surface area (Å²) in [6, 6.07) is 13.0. The molecule has 33 heavy (non-hydrogen) atoms. The van der Waals surface area contributed by atoms with Gasteiger partial charge in [-0.15, -0.1) is 11.7 Å². The highest BCUT2D eigenvalue weighted by Gasteiger charge is 2.19. The molecular formula is C24H21ClN4O3S. The second-order valence-corrected chi connectivity index (χ2v) is 8.59. The van der Waals surface area contributed by atoms with Gasteiger partial charge in [-0.3, -0.25) is 5.10 Å². The van der Waals surface area contributed by atoms with Crippen molar-refractivity contribution in [1.82, 2.24) is 19.7 Å². The molecule has 0 saturated carbocycles. The molecule has 2 N–H and O–H groups in total. The molecule has 2 aromatic carbocycles. The zero-order chi connectivity index (χ0) is 23.5. The minimum atomic E-state index is -1.06. The van der Waals surface area contributed by atoms with E-state index in [4.69, 9.17) is 16.3 Å². The van der Waals surface area contributed by atoms with Gasteiger partial charge in [0.2, 0.25) is 5.16 Å². The fraction of sp³-hybridized carbons (Fsp3) is 0.125. The second-order valence-electron chi connectivity index (χ2n) is 7.14. The van der Waals surface area contributed by atoms with E-state index < -0.39 is 5.97 Å². The molecule has 0 unspecified atom stereocenters. The summed E-state index contributed by atoms with van der Waals surface area (Å²) in [4.78, 5) is 16.6. The van der Waals surface area contributed by atoms with Crippen molar-refractivity contribution in [2.75, 3.05) is 7.11 Å². The number of benzene rings is 2. The summed E-state index contributed by atoms with van der Waals surface area (Å²) >= 11 is 7.09. The van der Waals surface area contributed by atoms with Crippen LogP contribution in [-0.4, -0.2) is 37.9 Å². The number of nitrogens with one attached hydrogen (secondary N) is 1. The van der Waals surface area contributed by atoms with Crippen molar-refractivity contribution < 1.29 is 14.6 Å². The van der Waals surface area contributed by atoms with Crippen molar-refractivity contribution in [3.8, 4) is 17.1 Å². The largest absolute Gasteiger partial charge is 0.496 e. The van der Waals surface area contributed by atoms with Gasteiger partial charge in [-0.2, -0.15) is 0 Å². The summed E-state index contributed by atoms with van der Waals surface area (Å²) in [5, 5.41) is 18.7. The number of methoxy groups -OCH3 is 1. The predicted molar refractivity (Wildman–Crippen MR) is 132 cm³/mol. The van der Waals surface area contributed by atoms with Crippen LogP contribution in [0.15, 0.2) is 65.2 Å². The highest BCUT2D eigenvalue weighted by atomic mass is 35.5. The number of nitrogens with zero attached hydrogens (tertiary/aromatic N) is 3. The van der Waals surface area contributed by atoms with E-state index in [1.807, 2.05) is 37.3 Å². The smallest absolute Gasteiger partial charge is 0.342 e. The molecule has 0 atom stereocenters. The number of H-pyrrole nitrogens is 1. The van der Waals surface area contributed by atoms with Gasteiger partial charge in [-0.1, -0.05) is 35.9 Å². The lowest BCUT2D eigenvalue weighted by atomic mass is 10.1. The lowest BCUT2D eigenvalue weighted by Gasteiger charge is -2.05. The first-order valence-corrected chi connectivity index (χ1v) is 11.2. The van der Waals surface area contributed by atoms with Crippen LogP contribution < -0.4 is 4.74 Å². The first kappa shape index (κ1) is 22.7. The molecular weight excluding hydrogens is 460 g/mol. The van der Waals surface area contributed by atoms with Gasteiger partial charge in [0, 0.05) is 33.7 Å². The average Bonchev–Trinajstić information content (AvgIpc) is 3.37. The molecule has 0 spiro atoms. The van der Waals surface area contributed by atoms with Crippen molar-refractivity contribution in [1.29, 1.82) is 0 Å². The Hall–Kier alpha value is -3.49. The van der Waals surface area contributed by atoms with E-state index in [2.05, 4.69) is 26.3 Å². The minimum absolute atomic E-state index is 0.100. The number of aromatic amines is 1. The number of aliphatic carboxylic acids is 1. The Kier molecular flexibility index (Phi) is 6.57. The fourth-order valence-corrected chi connectivity index (χ4v) is 4.51. The molecule has 0 fully saturated rings. The number of hydrogen-bond donors (Lipinski definition) is 2. The van der Waals surface area contributed by atoms with Crippen LogP contribution in [0.3, 0.4) is 0 Å². The van der Waals surface area contributed by atoms with Crippen molar-refractivity contribution in [2.45, 2.75) is 18.6 Å². The van der Waals surface area contributed by atoms with Crippen LogP contribution in [0.25, 0.3) is 28.4 Å². The number of allylic oxidation sites excluding steroid dienone is 1. The third kappa shape index (κ3) is 4.53. The topological polar surface area (TPSA) is 93.0 Å². The number of aromatic nitrogens is 4. The van der Waals surface area contributed by atoms with Gasteiger partial charge >= 0.3 is 5.97 Å². The molecule has 168 valence electrons. The Morgan fingerprint density at radius 3 is 2.85 bits per heavy atom. The highest BCUT2D eigenvalue weighted by molar-refractivity contribution is 8.04. The summed E-state index contributed by atoms with van der Waals surface area (Å²) in [5.41, 5.74) is 3.44. The van der Waals surface area contributed by atoms with Crippen LogP contribution >= 0.6 is 23.4 Å². The molecule has 4 rings (SSSR count). The molecule has 0 radical (unpaired) electrons. The molecule has 2 heterocycles. The molecule has 0 bridgehead atoms. The minimum Gasteiger partial charge on any atom is -0.496 e. The zero-order valence-electron chi connectivity index (χ0n) is 18.0. The average molecular weight is 481 g/mol. The van der Waals surface area contributed by atoms with Gasteiger partial charge in [0.05, 0.1) is 12.7 Å². The summed E-state index contributed by atoms with van der Waals surface area (Å²) in [7, 11) is 1.55. The lowest BCUT2D eigenvalue weighted by molar-refractivity contribution is -0.131. The van der Waals surface area contributed by atoms with Gasteiger partial charge < -0.3 is 14.4 Å². The Balaban J connectivity index is 1.73. The number of hydrogen-bond acceptors (Lipinski definition) is 5. The summed E-state index contributed by atoms with van der Waals surface area (Å²) in [6.07, 6.45) is 3.49. The van der Waals surface area contributed by atoms with E-state index in [1.165, 1.54) is 0 Å². The van der Waals surface area contributed by atoms with Crippen LogP contribution in [0.5, 0.6) is 5.75 Å². The van der Waals surface area contributed by atoms with Crippen LogP contribution in [0.4, 0.5) is 0 Å². The van der Waals surface area contributed by atoms with E-state index in [-0.39, 0.29) is 10.1 Å². The van der Waals surface area contributed by atoms with E-state index in [1.54, 1.807) is 31.4 Å². The Morgan fingerprint density at radius 1 is 1.33 bits per heavy atom. The maximum absolute atomic E-state index is 12.1. The summed E-state index contributed by atoms with van der Waals surface area (Å²) < 4.78 is 7.48. The number of para-hydroxylation sites is 1. The zero-order valence-corrected chi connectivity index (χ0v) is 19.6. The Morgan fingerprint density at radius 2 is 2.12 bits per heavy atom.